The van der Waals surface area contributed by atoms with Crippen molar-refractivity contribution in [1.82, 2.24) is 5.32 Å². The van der Waals surface area contributed by atoms with Crippen molar-refractivity contribution in [3.05, 3.63) is 94.0 Å². The second-order valence-corrected chi connectivity index (χ2v) is 10.2. The van der Waals surface area contributed by atoms with Crippen LogP contribution in [0.5, 0.6) is 0 Å². The van der Waals surface area contributed by atoms with E-state index in [9.17, 15) is 9.59 Å². The molecule has 0 saturated heterocycles. The lowest BCUT2D eigenvalue weighted by molar-refractivity contribution is -0.150. The van der Waals surface area contributed by atoms with Gasteiger partial charge in [0, 0.05) is 10.0 Å². The van der Waals surface area contributed by atoms with Gasteiger partial charge in [-0.05, 0) is 66.1 Å². The SMILES string of the molecule is CCOC(=O)[C@H](Cc1ccc(-c2cc(Cl)cc(Cl)c2)cc1)N[C@@H](CC(C)C)C(=O)OCc1ccccc1. The van der Waals surface area contributed by atoms with Crippen LogP contribution in [0.15, 0.2) is 72.8 Å². The number of rotatable bonds is 12. The maximum absolute atomic E-state index is 13.0. The Morgan fingerprint density at radius 3 is 2.00 bits per heavy atom. The summed E-state index contributed by atoms with van der Waals surface area (Å²) in [4.78, 5) is 25.9. The van der Waals surface area contributed by atoms with Gasteiger partial charge in [-0.25, -0.2) is 0 Å². The molecule has 5 nitrogen and oxygen atoms in total. The molecule has 0 unspecified atom stereocenters. The van der Waals surface area contributed by atoms with Gasteiger partial charge in [-0.1, -0.05) is 91.6 Å². The lowest BCUT2D eigenvalue weighted by Gasteiger charge is -2.25. The number of hydrogen-bond acceptors (Lipinski definition) is 5. The van der Waals surface area contributed by atoms with Crippen LogP contribution < -0.4 is 5.32 Å². The van der Waals surface area contributed by atoms with Crippen molar-refractivity contribution in [2.24, 2.45) is 5.92 Å². The first kappa shape index (κ1) is 28.7. The van der Waals surface area contributed by atoms with E-state index in [4.69, 9.17) is 32.7 Å². The summed E-state index contributed by atoms with van der Waals surface area (Å²) in [5.41, 5.74) is 3.68. The highest BCUT2D eigenvalue weighted by Crippen LogP contribution is 2.27. The Morgan fingerprint density at radius 2 is 1.41 bits per heavy atom. The molecule has 2 atom stereocenters. The Labute approximate surface area is 229 Å². The summed E-state index contributed by atoms with van der Waals surface area (Å²) in [5, 5.41) is 4.36. The molecule has 0 heterocycles. The minimum absolute atomic E-state index is 0.176. The summed E-state index contributed by atoms with van der Waals surface area (Å²) < 4.78 is 10.9. The fraction of sp³-hybridized carbons (Fsp3) is 0.333. The van der Waals surface area contributed by atoms with Gasteiger partial charge in [0.05, 0.1) is 6.61 Å². The Bertz CT molecular complexity index is 1150. The fourth-order valence-corrected chi connectivity index (χ4v) is 4.54. The number of carbonyl (C=O) groups excluding carboxylic acids is 2. The molecule has 0 bridgehead atoms. The topological polar surface area (TPSA) is 64.6 Å². The van der Waals surface area contributed by atoms with Gasteiger partial charge in [0.2, 0.25) is 0 Å². The average molecular weight is 543 g/mol. The van der Waals surface area contributed by atoms with E-state index in [-0.39, 0.29) is 25.1 Å². The largest absolute Gasteiger partial charge is 0.465 e. The van der Waals surface area contributed by atoms with Crippen molar-refractivity contribution in [3.63, 3.8) is 0 Å². The van der Waals surface area contributed by atoms with Crippen LogP contribution in [0.3, 0.4) is 0 Å². The highest BCUT2D eigenvalue weighted by atomic mass is 35.5. The van der Waals surface area contributed by atoms with Gasteiger partial charge in [0.25, 0.3) is 0 Å². The van der Waals surface area contributed by atoms with Crippen LogP contribution in [-0.2, 0) is 32.1 Å². The highest BCUT2D eigenvalue weighted by Gasteiger charge is 2.29. The summed E-state index contributed by atoms with van der Waals surface area (Å²) in [7, 11) is 0. The van der Waals surface area contributed by atoms with Crippen LogP contribution in [0.2, 0.25) is 10.0 Å². The van der Waals surface area contributed by atoms with Gasteiger partial charge >= 0.3 is 11.9 Å². The zero-order chi connectivity index (χ0) is 26.8. The maximum Gasteiger partial charge on any atom is 0.323 e. The molecule has 37 heavy (non-hydrogen) atoms. The molecule has 0 spiro atoms. The molecule has 0 aliphatic heterocycles. The molecule has 0 fully saturated rings. The summed E-state index contributed by atoms with van der Waals surface area (Å²) in [6, 6.07) is 21.4. The number of benzene rings is 3. The summed E-state index contributed by atoms with van der Waals surface area (Å²) in [5.74, 6) is -0.578. The summed E-state index contributed by atoms with van der Waals surface area (Å²) in [6.45, 7) is 6.24. The highest BCUT2D eigenvalue weighted by molar-refractivity contribution is 6.35. The van der Waals surface area contributed by atoms with Crippen LogP contribution >= 0.6 is 23.2 Å². The molecular weight excluding hydrogens is 509 g/mol. The molecule has 0 aliphatic rings. The van der Waals surface area contributed by atoms with Crippen molar-refractivity contribution < 1.29 is 19.1 Å². The number of ether oxygens (including phenoxy) is 2. The third-order valence-electron chi connectivity index (χ3n) is 5.78. The van der Waals surface area contributed by atoms with Gasteiger partial charge in [0.15, 0.2) is 0 Å². The third-order valence-corrected chi connectivity index (χ3v) is 6.22. The predicted octanol–water partition coefficient (Wildman–Crippen LogP) is 6.88. The Balaban J connectivity index is 1.74. The average Bonchev–Trinajstić information content (AvgIpc) is 2.86. The lowest BCUT2D eigenvalue weighted by atomic mass is 9.98. The van der Waals surface area contributed by atoms with Crippen molar-refractivity contribution in [3.8, 4) is 11.1 Å². The van der Waals surface area contributed by atoms with E-state index in [0.29, 0.717) is 22.9 Å². The van der Waals surface area contributed by atoms with E-state index < -0.39 is 18.1 Å². The smallest absolute Gasteiger partial charge is 0.323 e. The number of carbonyl (C=O) groups is 2. The molecule has 1 N–H and O–H groups in total. The van der Waals surface area contributed by atoms with Gasteiger partial charge in [-0.2, -0.15) is 0 Å². The zero-order valence-electron chi connectivity index (χ0n) is 21.4. The summed E-state index contributed by atoms with van der Waals surface area (Å²) in [6.07, 6.45) is 0.883. The number of esters is 2. The van der Waals surface area contributed by atoms with Crippen molar-refractivity contribution in [2.75, 3.05) is 6.61 Å². The predicted molar refractivity (Wildman–Crippen MR) is 149 cm³/mol. The molecule has 3 rings (SSSR count). The van der Waals surface area contributed by atoms with E-state index in [1.54, 1.807) is 13.0 Å². The monoisotopic (exact) mass is 541 g/mol. The number of hydrogen-bond donors (Lipinski definition) is 1. The molecule has 3 aromatic rings. The first-order valence-corrected chi connectivity index (χ1v) is 13.2. The third kappa shape index (κ3) is 9.19. The first-order valence-electron chi connectivity index (χ1n) is 12.4. The molecule has 3 aromatic carbocycles. The van der Waals surface area contributed by atoms with E-state index in [1.165, 1.54) is 0 Å². The van der Waals surface area contributed by atoms with Crippen molar-refractivity contribution >= 4 is 35.1 Å². The maximum atomic E-state index is 13.0. The minimum Gasteiger partial charge on any atom is -0.465 e. The first-order chi connectivity index (χ1) is 17.7. The Hall–Kier alpha value is -2.86. The van der Waals surface area contributed by atoms with Crippen molar-refractivity contribution in [1.29, 1.82) is 0 Å². The van der Waals surface area contributed by atoms with Crippen LogP contribution in [0.25, 0.3) is 11.1 Å². The van der Waals surface area contributed by atoms with Crippen LogP contribution in [-0.4, -0.2) is 30.6 Å². The van der Waals surface area contributed by atoms with Gasteiger partial charge in [-0.3, -0.25) is 14.9 Å². The molecular formula is C30H33Cl2NO4. The fourth-order valence-electron chi connectivity index (χ4n) is 4.02. The van der Waals surface area contributed by atoms with Crippen molar-refractivity contribution in [2.45, 2.75) is 52.3 Å². The molecule has 7 heteroatoms. The molecule has 0 aromatic heterocycles. The normalized spacial score (nSPS) is 12.7. The number of nitrogens with one attached hydrogen (secondary N) is 1. The van der Waals surface area contributed by atoms with Gasteiger partial charge in [0.1, 0.15) is 18.7 Å². The summed E-state index contributed by atoms with van der Waals surface area (Å²) >= 11 is 12.3. The molecule has 0 aliphatic carbocycles. The quantitative estimate of drug-likeness (QED) is 0.253. The van der Waals surface area contributed by atoms with E-state index in [2.05, 4.69) is 5.32 Å². The van der Waals surface area contributed by atoms with E-state index in [0.717, 1.165) is 22.3 Å². The second kappa shape index (κ2) is 14.2. The minimum atomic E-state index is -0.709. The van der Waals surface area contributed by atoms with Crippen LogP contribution in [0.4, 0.5) is 0 Å². The Kier molecular flexibility index (Phi) is 11.0. The molecule has 0 amide bonds. The standard InChI is InChI=1S/C30H33Cl2NO4/c1-4-36-29(34)28(15-21-10-12-23(13-11-21)24-16-25(31)18-26(32)17-24)33-27(14-20(2)3)30(35)37-19-22-8-6-5-7-9-22/h5-13,16-18,20,27-28,33H,4,14-15,19H2,1-3H3/t27-,28-/m0/s1. The van der Waals surface area contributed by atoms with Crippen LogP contribution in [0, 0.1) is 5.92 Å². The second-order valence-electron chi connectivity index (χ2n) is 9.31. The van der Waals surface area contributed by atoms with E-state index >= 15 is 0 Å². The molecule has 196 valence electrons. The lowest BCUT2D eigenvalue weighted by Crippen LogP contribution is -2.50. The molecule has 0 saturated carbocycles. The van der Waals surface area contributed by atoms with Crippen LogP contribution in [0.1, 0.15) is 38.3 Å². The van der Waals surface area contributed by atoms with Gasteiger partial charge in [-0.15, -0.1) is 0 Å². The molecule has 0 radical (unpaired) electrons. The number of halogens is 2. The zero-order valence-corrected chi connectivity index (χ0v) is 22.9. The van der Waals surface area contributed by atoms with Gasteiger partial charge < -0.3 is 9.47 Å². The van der Waals surface area contributed by atoms with E-state index in [1.807, 2.05) is 80.6 Å². The Morgan fingerprint density at radius 1 is 0.784 bits per heavy atom.